The quantitative estimate of drug-likeness (QED) is 0.477. The molecule has 1 rings (SSSR count). The molecule has 0 saturated heterocycles. The van der Waals surface area contributed by atoms with Crippen molar-refractivity contribution in [1.29, 1.82) is 0 Å². The second-order valence-electron chi connectivity index (χ2n) is 4.81. The summed E-state index contributed by atoms with van der Waals surface area (Å²) in [5, 5.41) is 12.1. The number of nitrogens with one attached hydrogen (secondary N) is 1. The van der Waals surface area contributed by atoms with E-state index in [0.717, 1.165) is 25.9 Å². The molecule has 108 valence electrons. The van der Waals surface area contributed by atoms with E-state index in [4.69, 9.17) is 5.11 Å². The fraction of sp³-hybridized carbons (Fsp3) is 0.625. The minimum atomic E-state index is 0.334. The lowest BCUT2D eigenvalue weighted by molar-refractivity contribution is 0.283. The normalized spacial score (nSPS) is 10.8. The Morgan fingerprint density at radius 3 is 2.47 bits per heavy atom. The summed E-state index contributed by atoms with van der Waals surface area (Å²) in [7, 11) is 0. The van der Waals surface area contributed by atoms with Crippen LogP contribution >= 0.6 is 11.8 Å². The van der Waals surface area contributed by atoms with Gasteiger partial charge in [-0.05, 0) is 49.3 Å². The molecule has 0 saturated carbocycles. The fourth-order valence-corrected chi connectivity index (χ4v) is 2.78. The monoisotopic (exact) mass is 281 g/mol. The predicted octanol–water partition coefficient (Wildman–Crippen LogP) is 3.83. The summed E-state index contributed by atoms with van der Waals surface area (Å²) >= 11 is 1.93. The van der Waals surface area contributed by atoms with Crippen molar-refractivity contribution in [2.75, 3.05) is 18.9 Å². The van der Waals surface area contributed by atoms with Crippen LogP contribution in [0.1, 0.15) is 44.6 Å². The molecule has 0 aromatic heterocycles. The molecule has 0 aliphatic heterocycles. The van der Waals surface area contributed by atoms with Gasteiger partial charge in [-0.2, -0.15) is 0 Å². The molecule has 0 radical (unpaired) electrons. The first-order valence-corrected chi connectivity index (χ1v) is 8.38. The van der Waals surface area contributed by atoms with Gasteiger partial charge in [0.05, 0.1) is 0 Å². The van der Waals surface area contributed by atoms with Gasteiger partial charge in [0.2, 0.25) is 0 Å². The smallest absolute Gasteiger partial charge is 0.0431 e. The van der Waals surface area contributed by atoms with Crippen LogP contribution in [-0.2, 0) is 6.54 Å². The zero-order valence-electron chi connectivity index (χ0n) is 12.0. The molecule has 0 heterocycles. The first-order chi connectivity index (χ1) is 9.36. The highest BCUT2D eigenvalue weighted by molar-refractivity contribution is 7.99. The summed E-state index contributed by atoms with van der Waals surface area (Å²) in [5.74, 6) is 1.18. The lowest BCUT2D eigenvalue weighted by Crippen LogP contribution is -2.13. The molecule has 2 nitrogen and oxygen atoms in total. The largest absolute Gasteiger partial charge is 0.396 e. The highest BCUT2D eigenvalue weighted by atomic mass is 32.2. The Bertz CT molecular complexity index is 313. The van der Waals surface area contributed by atoms with Gasteiger partial charge in [-0.1, -0.05) is 31.9 Å². The van der Waals surface area contributed by atoms with Gasteiger partial charge in [0.15, 0.2) is 0 Å². The van der Waals surface area contributed by atoms with Crippen molar-refractivity contribution in [2.45, 2.75) is 50.5 Å². The highest BCUT2D eigenvalue weighted by Crippen LogP contribution is 2.20. The molecule has 0 atom stereocenters. The Morgan fingerprint density at radius 2 is 1.79 bits per heavy atom. The maximum atomic E-state index is 8.69. The molecule has 0 unspecified atom stereocenters. The van der Waals surface area contributed by atoms with Crippen LogP contribution in [0.25, 0.3) is 0 Å². The molecule has 0 bridgehead atoms. The number of aliphatic hydroxyl groups is 1. The first kappa shape index (κ1) is 16.5. The van der Waals surface area contributed by atoms with E-state index in [1.807, 2.05) is 11.8 Å². The van der Waals surface area contributed by atoms with Crippen LogP contribution in [0.3, 0.4) is 0 Å². The number of unbranched alkanes of at least 4 members (excludes halogenated alkanes) is 3. The van der Waals surface area contributed by atoms with Crippen LogP contribution in [0.15, 0.2) is 29.2 Å². The molecule has 1 aromatic rings. The molecular formula is C16H27NOS. The third kappa shape index (κ3) is 8.30. The Kier molecular flexibility index (Phi) is 9.86. The van der Waals surface area contributed by atoms with Gasteiger partial charge < -0.3 is 10.4 Å². The molecule has 3 heteroatoms. The summed E-state index contributed by atoms with van der Waals surface area (Å²) in [6.45, 7) is 4.58. The number of hydrogen-bond donors (Lipinski definition) is 2. The maximum Gasteiger partial charge on any atom is 0.0431 e. The number of hydrogen-bond acceptors (Lipinski definition) is 3. The number of aliphatic hydroxyl groups excluding tert-OH is 1. The molecule has 0 amide bonds. The van der Waals surface area contributed by atoms with Crippen molar-refractivity contribution in [3.63, 3.8) is 0 Å². The lowest BCUT2D eigenvalue weighted by atomic mass is 10.2. The van der Waals surface area contributed by atoms with Gasteiger partial charge >= 0.3 is 0 Å². The average molecular weight is 281 g/mol. The molecular weight excluding hydrogens is 254 g/mol. The zero-order valence-corrected chi connectivity index (χ0v) is 12.8. The SMILES string of the molecule is CCCNCc1ccc(SCCCCCCO)cc1. The second-order valence-corrected chi connectivity index (χ2v) is 5.98. The van der Waals surface area contributed by atoms with E-state index in [0.29, 0.717) is 6.61 Å². The average Bonchev–Trinajstić information content (AvgIpc) is 2.44. The van der Waals surface area contributed by atoms with Crippen molar-refractivity contribution < 1.29 is 5.11 Å². The maximum absolute atomic E-state index is 8.69. The highest BCUT2D eigenvalue weighted by Gasteiger charge is 1.96. The third-order valence-electron chi connectivity index (χ3n) is 3.00. The molecule has 0 spiro atoms. The van der Waals surface area contributed by atoms with Gasteiger partial charge in [0.1, 0.15) is 0 Å². The van der Waals surface area contributed by atoms with E-state index in [1.165, 1.54) is 35.5 Å². The standard InChI is InChI=1S/C16H27NOS/c1-2-11-17-14-15-7-9-16(10-8-15)19-13-6-4-3-5-12-18/h7-10,17-18H,2-6,11-14H2,1H3. The van der Waals surface area contributed by atoms with Gasteiger partial charge in [0.25, 0.3) is 0 Å². The van der Waals surface area contributed by atoms with Crippen LogP contribution < -0.4 is 5.32 Å². The van der Waals surface area contributed by atoms with Crippen LogP contribution in [0, 0.1) is 0 Å². The van der Waals surface area contributed by atoms with Gasteiger partial charge in [-0.15, -0.1) is 11.8 Å². The van der Waals surface area contributed by atoms with E-state index >= 15 is 0 Å². The summed E-state index contributed by atoms with van der Waals surface area (Å²) in [4.78, 5) is 1.36. The first-order valence-electron chi connectivity index (χ1n) is 7.40. The topological polar surface area (TPSA) is 32.3 Å². The Morgan fingerprint density at radius 1 is 1.05 bits per heavy atom. The van der Waals surface area contributed by atoms with Crippen LogP contribution in [0.5, 0.6) is 0 Å². The summed E-state index contributed by atoms with van der Waals surface area (Å²) in [6.07, 6.45) is 5.75. The van der Waals surface area contributed by atoms with Crippen molar-refractivity contribution >= 4 is 11.8 Å². The van der Waals surface area contributed by atoms with Gasteiger partial charge in [-0.25, -0.2) is 0 Å². The third-order valence-corrected chi connectivity index (χ3v) is 4.10. The van der Waals surface area contributed by atoms with Crippen LogP contribution in [0.4, 0.5) is 0 Å². The van der Waals surface area contributed by atoms with E-state index in [-0.39, 0.29) is 0 Å². The fourth-order valence-electron chi connectivity index (χ4n) is 1.87. The summed E-state index contributed by atoms with van der Waals surface area (Å²) in [6, 6.07) is 8.89. The van der Waals surface area contributed by atoms with E-state index < -0.39 is 0 Å². The van der Waals surface area contributed by atoms with Gasteiger partial charge in [0, 0.05) is 18.0 Å². The lowest BCUT2D eigenvalue weighted by Gasteiger charge is -2.05. The Labute approximate surface area is 122 Å². The van der Waals surface area contributed by atoms with Crippen LogP contribution in [0.2, 0.25) is 0 Å². The van der Waals surface area contributed by atoms with Crippen molar-refractivity contribution in [2.24, 2.45) is 0 Å². The zero-order chi connectivity index (χ0) is 13.8. The number of rotatable bonds is 11. The molecule has 0 aliphatic rings. The summed E-state index contributed by atoms with van der Waals surface area (Å²) < 4.78 is 0. The van der Waals surface area contributed by atoms with Gasteiger partial charge in [-0.3, -0.25) is 0 Å². The van der Waals surface area contributed by atoms with Crippen molar-refractivity contribution in [3.8, 4) is 0 Å². The minimum absolute atomic E-state index is 0.334. The molecule has 1 aromatic carbocycles. The van der Waals surface area contributed by atoms with Crippen LogP contribution in [-0.4, -0.2) is 24.0 Å². The van der Waals surface area contributed by atoms with E-state index in [2.05, 4.69) is 36.5 Å². The summed E-state index contributed by atoms with van der Waals surface area (Å²) in [5.41, 5.74) is 1.36. The van der Waals surface area contributed by atoms with E-state index in [9.17, 15) is 0 Å². The molecule has 0 fully saturated rings. The molecule has 0 aliphatic carbocycles. The Balaban J connectivity index is 2.13. The number of benzene rings is 1. The Hall–Kier alpha value is -0.510. The van der Waals surface area contributed by atoms with Crippen molar-refractivity contribution in [1.82, 2.24) is 5.32 Å². The number of thioether (sulfide) groups is 1. The minimum Gasteiger partial charge on any atom is -0.396 e. The van der Waals surface area contributed by atoms with E-state index in [1.54, 1.807) is 0 Å². The predicted molar refractivity (Wildman–Crippen MR) is 84.7 cm³/mol. The van der Waals surface area contributed by atoms with Crippen molar-refractivity contribution in [3.05, 3.63) is 29.8 Å². The molecule has 2 N–H and O–H groups in total. The second kappa shape index (κ2) is 11.3. The molecule has 19 heavy (non-hydrogen) atoms.